The van der Waals surface area contributed by atoms with E-state index in [-0.39, 0.29) is 24.0 Å². The van der Waals surface area contributed by atoms with Gasteiger partial charge in [-0.25, -0.2) is 12.7 Å². The van der Waals surface area contributed by atoms with Gasteiger partial charge in [0, 0.05) is 50.3 Å². The van der Waals surface area contributed by atoms with E-state index in [1.165, 1.54) is 44.1 Å². The predicted octanol–water partition coefficient (Wildman–Crippen LogP) is 2.21. The van der Waals surface area contributed by atoms with Crippen LogP contribution in [0.1, 0.15) is 38.5 Å². The van der Waals surface area contributed by atoms with Gasteiger partial charge in [-0.1, -0.05) is 19.3 Å². The highest BCUT2D eigenvalue weighted by atomic mass is 127. The first kappa shape index (κ1) is 22.5. The number of guanidine groups is 1. The molecular weight excluding hydrogens is 483 g/mol. The molecule has 3 aliphatic rings. The minimum atomic E-state index is -3.06. The Morgan fingerprint density at radius 2 is 2.00 bits per heavy atom. The Kier molecular flexibility index (Phi) is 8.36. The van der Waals surface area contributed by atoms with E-state index in [4.69, 9.17) is 0 Å². The molecule has 1 atom stereocenters. The third kappa shape index (κ3) is 5.64. The molecule has 0 aromatic carbocycles. The van der Waals surface area contributed by atoms with Crippen LogP contribution in [0.4, 0.5) is 0 Å². The van der Waals surface area contributed by atoms with Crippen LogP contribution in [-0.4, -0.2) is 80.1 Å². The first-order valence-electron chi connectivity index (χ1n) is 9.47. The minimum absolute atomic E-state index is 0. The van der Waals surface area contributed by atoms with Crippen molar-refractivity contribution in [3.63, 3.8) is 0 Å². The van der Waals surface area contributed by atoms with Crippen LogP contribution in [0.15, 0.2) is 4.99 Å². The summed E-state index contributed by atoms with van der Waals surface area (Å²) < 4.78 is 25.3. The molecule has 1 spiro atoms. The van der Waals surface area contributed by atoms with E-state index in [0.29, 0.717) is 23.8 Å². The fourth-order valence-electron chi connectivity index (χ4n) is 4.36. The van der Waals surface area contributed by atoms with Crippen molar-refractivity contribution in [2.75, 3.05) is 51.8 Å². The van der Waals surface area contributed by atoms with E-state index in [1.54, 1.807) is 4.31 Å². The van der Waals surface area contributed by atoms with Gasteiger partial charge in [0.15, 0.2) is 5.96 Å². The lowest BCUT2D eigenvalue weighted by Crippen LogP contribution is -2.54. The molecule has 2 heterocycles. The number of nitrogens with zero attached hydrogens (tertiary/aromatic N) is 3. The molecule has 26 heavy (non-hydrogen) atoms. The summed E-state index contributed by atoms with van der Waals surface area (Å²) in [5.74, 6) is 2.53. The Hall–Kier alpha value is 0.260. The molecule has 2 aliphatic heterocycles. The molecule has 0 amide bonds. The van der Waals surface area contributed by atoms with Crippen LogP contribution in [0, 0.1) is 5.92 Å². The summed E-state index contributed by atoms with van der Waals surface area (Å²) >= 11 is 2.17. The van der Waals surface area contributed by atoms with Crippen molar-refractivity contribution in [1.29, 1.82) is 0 Å². The second kappa shape index (κ2) is 9.65. The topological polar surface area (TPSA) is 65.0 Å². The van der Waals surface area contributed by atoms with Crippen LogP contribution in [0.5, 0.6) is 0 Å². The molecular formula is C17H33IN4O2S2. The summed E-state index contributed by atoms with van der Waals surface area (Å²) in [7, 11) is -1.20. The Labute approximate surface area is 180 Å². The molecule has 3 fully saturated rings. The number of thioether (sulfide) groups is 1. The maximum absolute atomic E-state index is 11.7. The highest BCUT2D eigenvalue weighted by Crippen LogP contribution is 2.42. The van der Waals surface area contributed by atoms with Gasteiger partial charge in [-0.05, 0) is 25.2 Å². The number of hydrogen-bond donors (Lipinski definition) is 1. The second-order valence-corrected chi connectivity index (χ2v) is 11.3. The van der Waals surface area contributed by atoms with Crippen molar-refractivity contribution >= 4 is 51.7 Å². The van der Waals surface area contributed by atoms with Crippen molar-refractivity contribution in [2.45, 2.75) is 43.3 Å². The van der Waals surface area contributed by atoms with Crippen molar-refractivity contribution in [3.8, 4) is 0 Å². The monoisotopic (exact) mass is 516 g/mol. The van der Waals surface area contributed by atoms with E-state index >= 15 is 0 Å². The SMILES string of the molecule is CN=C(NCC1CCN(S(C)(=O)=O)C1)N1CCSC2(CCCCC2)C1.I. The van der Waals surface area contributed by atoms with Crippen LogP contribution < -0.4 is 5.32 Å². The number of aliphatic imine (C=N–C) groups is 1. The van der Waals surface area contributed by atoms with Gasteiger partial charge in [-0.2, -0.15) is 11.8 Å². The molecule has 9 heteroatoms. The van der Waals surface area contributed by atoms with Crippen molar-refractivity contribution in [2.24, 2.45) is 10.9 Å². The molecule has 1 aliphatic carbocycles. The van der Waals surface area contributed by atoms with E-state index in [2.05, 4.69) is 27.0 Å². The zero-order chi connectivity index (χ0) is 17.9. The number of sulfonamides is 1. The van der Waals surface area contributed by atoms with Crippen LogP contribution >= 0.6 is 35.7 Å². The fraction of sp³-hybridized carbons (Fsp3) is 0.941. The smallest absolute Gasteiger partial charge is 0.211 e. The zero-order valence-corrected chi connectivity index (χ0v) is 19.9. The first-order chi connectivity index (χ1) is 11.9. The second-order valence-electron chi connectivity index (χ2n) is 7.72. The van der Waals surface area contributed by atoms with E-state index in [0.717, 1.165) is 32.0 Å². The molecule has 152 valence electrons. The largest absolute Gasteiger partial charge is 0.356 e. The number of hydrogen-bond acceptors (Lipinski definition) is 4. The predicted molar refractivity (Wildman–Crippen MR) is 121 cm³/mol. The van der Waals surface area contributed by atoms with Gasteiger partial charge in [0.05, 0.1) is 6.26 Å². The van der Waals surface area contributed by atoms with E-state index in [1.807, 2.05) is 7.05 Å². The van der Waals surface area contributed by atoms with Crippen molar-refractivity contribution in [1.82, 2.24) is 14.5 Å². The molecule has 0 radical (unpaired) electrons. The standard InChI is InChI=1S/C17H32N4O2S2.HI/c1-18-16(19-12-15-6-9-21(13-15)25(2,22)23)20-10-11-24-17(14-20)7-4-3-5-8-17;/h15H,3-14H2,1-2H3,(H,18,19);1H. The first-order valence-corrected chi connectivity index (χ1v) is 12.3. The minimum Gasteiger partial charge on any atom is -0.356 e. The summed E-state index contributed by atoms with van der Waals surface area (Å²) in [5.41, 5.74) is 0. The van der Waals surface area contributed by atoms with Crippen LogP contribution in [-0.2, 0) is 10.0 Å². The van der Waals surface area contributed by atoms with Crippen molar-refractivity contribution < 1.29 is 8.42 Å². The molecule has 0 bridgehead atoms. The molecule has 1 saturated carbocycles. The Morgan fingerprint density at radius 1 is 1.27 bits per heavy atom. The van der Waals surface area contributed by atoms with Crippen molar-refractivity contribution in [3.05, 3.63) is 0 Å². The highest BCUT2D eigenvalue weighted by molar-refractivity contribution is 14.0. The Balaban J connectivity index is 0.00000243. The van der Waals surface area contributed by atoms with Gasteiger partial charge in [0.25, 0.3) is 0 Å². The summed E-state index contributed by atoms with van der Waals surface area (Å²) in [6, 6.07) is 0. The molecule has 3 rings (SSSR count). The van der Waals surface area contributed by atoms with Crippen LogP contribution in [0.3, 0.4) is 0 Å². The summed E-state index contributed by atoms with van der Waals surface area (Å²) in [6.07, 6.45) is 8.99. The van der Waals surface area contributed by atoms with Gasteiger partial charge in [0.1, 0.15) is 0 Å². The normalized spacial score (nSPS) is 27.4. The molecule has 0 aromatic rings. The average Bonchev–Trinajstić information content (AvgIpc) is 3.06. The lowest BCUT2D eigenvalue weighted by Gasteiger charge is -2.45. The number of rotatable bonds is 3. The lowest BCUT2D eigenvalue weighted by molar-refractivity contribution is 0.292. The molecule has 1 unspecified atom stereocenters. The third-order valence-corrected chi connectivity index (χ3v) is 8.60. The number of nitrogens with one attached hydrogen (secondary N) is 1. The van der Waals surface area contributed by atoms with Crippen LogP contribution in [0.25, 0.3) is 0 Å². The Morgan fingerprint density at radius 3 is 2.62 bits per heavy atom. The third-order valence-electron chi connectivity index (χ3n) is 5.79. The number of halogens is 1. The molecule has 0 aromatic heterocycles. The molecule has 2 saturated heterocycles. The van der Waals surface area contributed by atoms with E-state index in [9.17, 15) is 8.42 Å². The van der Waals surface area contributed by atoms with E-state index < -0.39 is 10.0 Å². The van der Waals surface area contributed by atoms with Gasteiger partial charge >= 0.3 is 0 Å². The summed E-state index contributed by atoms with van der Waals surface area (Å²) in [5, 5.41) is 3.52. The summed E-state index contributed by atoms with van der Waals surface area (Å²) in [6.45, 7) is 4.22. The van der Waals surface area contributed by atoms with Gasteiger partial charge in [0.2, 0.25) is 10.0 Å². The average molecular weight is 517 g/mol. The lowest BCUT2D eigenvalue weighted by atomic mass is 9.87. The fourth-order valence-corrected chi connectivity index (χ4v) is 6.84. The van der Waals surface area contributed by atoms with Gasteiger partial charge < -0.3 is 10.2 Å². The molecule has 1 N–H and O–H groups in total. The highest BCUT2D eigenvalue weighted by Gasteiger charge is 2.38. The van der Waals surface area contributed by atoms with Gasteiger partial charge in [-0.3, -0.25) is 4.99 Å². The zero-order valence-electron chi connectivity index (χ0n) is 15.9. The molecule has 6 nitrogen and oxygen atoms in total. The maximum Gasteiger partial charge on any atom is 0.211 e. The van der Waals surface area contributed by atoms with Crippen LogP contribution in [0.2, 0.25) is 0 Å². The van der Waals surface area contributed by atoms with Gasteiger partial charge in [-0.15, -0.1) is 24.0 Å². The summed E-state index contributed by atoms with van der Waals surface area (Å²) in [4.78, 5) is 6.93. The maximum atomic E-state index is 11.7. The quantitative estimate of drug-likeness (QED) is 0.354. The Bertz CT molecular complexity index is 588.